The Morgan fingerprint density at radius 2 is 2.08 bits per heavy atom. The largest absolute Gasteiger partial charge is 0.356 e. The van der Waals surface area contributed by atoms with E-state index in [0.717, 1.165) is 55.4 Å². The molecule has 1 aromatic carbocycles. The third-order valence-corrected chi connectivity index (χ3v) is 4.88. The number of halogens is 1. The number of carbonyl (C=O) groups is 1. The Morgan fingerprint density at radius 1 is 1.28 bits per heavy atom. The van der Waals surface area contributed by atoms with Crippen molar-refractivity contribution in [2.45, 2.75) is 19.3 Å². The van der Waals surface area contributed by atoms with Gasteiger partial charge in [-0.05, 0) is 48.9 Å². The van der Waals surface area contributed by atoms with Crippen molar-refractivity contribution in [3.05, 3.63) is 53.8 Å². The molecule has 2 heterocycles. The first kappa shape index (κ1) is 17.9. The molecule has 4 nitrogen and oxygen atoms in total. The molecular formula is C20H24ClN3O. The lowest BCUT2D eigenvalue weighted by atomic mass is 9.96. The highest BCUT2D eigenvalue weighted by Crippen LogP contribution is 2.18. The molecule has 0 radical (unpaired) electrons. The number of pyridine rings is 1. The molecule has 3 rings (SSSR count). The van der Waals surface area contributed by atoms with Crippen molar-refractivity contribution in [1.29, 1.82) is 0 Å². The molecular weight excluding hydrogens is 334 g/mol. The predicted molar refractivity (Wildman–Crippen MR) is 103 cm³/mol. The lowest BCUT2D eigenvalue weighted by Crippen LogP contribution is -2.39. The Labute approximate surface area is 153 Å². The molecule has 0 atom stereocenters. The van der Waals surface area contributed by atoms with Crippen LogP contribution in [0.15, 0.2) is 48.3 Å². The zero-order valence-corrected chi connectivity index (χ0v) is 15.1. The Balaban J connectivity index is 1.44. The van der Waals surface area contributed by atoms with Crippen molar-refractivity contribution in [3.63, 3.8) is 0 Å². The predicted octanol–water partition coefficient (Wildman–Crippen LogP) is 3.36. The molecule has 132 valence electrons. The van der Waals surface area contributed by atoms with Crippen LogP contribution in [0.25, 0.3) is 10.8 Å². The standard InChI is InChI=1S/C20H24ClN3O/c1-15(21)14-24-8-5-16(6-9-24)12-23-20(25)11-17-2-3-19-13-22-7-4-18(19)10-17/h2-4,7,10,13,16H,1,5-6,8-9,11-12,14H2,(H,23,25). The van der Waals surface area contributed by atoms with Crippen LogP contribution in [0.1, 0.15) is 18.4 Å². The maximum absolute atomic E-state index is 12.2. The van der Waals surface area contributed by atoms with Gasteiger partial charge in [0.15, 0.2) is 0 Å². The van der Waals surface area contributed by atoms with Crippen LogP contribution in [0, 0.1) is 5.92 Å². The molecule has 1 aliphatic rings. The van der Waals surface area contributed by atoms with Crippen molar-refractivity contribution >= 4 is 28.3 Å². The lowest BCUT2D eigenvalue weighted by Gasteiger charge is -2.31. The smallest absolute Gasteiger partial charge is 0.224 e. The van der Waals surface area contributed by atoms with Gasteiger partial charge in [-0.15, -0.1) is 0 Å². The Morgan fingerprint density at radius 3 is 2.84 bits per heavy atom. The fourth-order valence-electron chi connectivity index (χ4n) is 3.34. The number of nitrogens with one attached hydrogen (secondary N) is 1. The third kappa shape index (κ3) is 5.28. The number of hydrogen-bond donors (Lipinski definition) is 1. The zero-order valence-electron chi connectivity index (χ0n) is 14.4. The van der Waals surface area contributed by atoms with E-state index in [1.165, 1.54) is 0 Å². The van der Waals surface area contributed by atoms with E-state index in [1.54, 1.807) is 6.20 Å². The maximum atomic E-state index is 12.2. The van der Waals surface area contributed by atoms with Crippen LogP contribution >= 0.6 is 11.6 Å². The van der Waals surface area contributed by atoms with Gasteiger partial charge in [-0.3, -0.25) is 14.7 Å². The number of likely N-dealkylation sites (tertiary alicyclic amines) is 1. The van der Waals surface area contributed by atoms with E-state index in [9.17, 15) is 4.79 Å². The van der Waals surface area contributed by atoms with E-state index >= 15 is 0 Å². The first-order valence-electron chi connectivity index (χ1n) is 8.75. The lowest BCUT2D eigenvalue weighted by molar-refractivity contribution is -0.120. The SMILES string of the molecule is C=C(Cl)CN1CCC(CNC(=O)Cc2ccc3cnccc3c2)CC1. The molecule has 0 unspecified atom stereocenters. The van der Waals surface area contributed by atoms with Crippen molar-refractivity contribution < 1.29 is 4.79 Å². The summed E-state index contributed by atoms with van der Waals surface area (Å²) in [6.07, 6.45) is 6.22. The highest BCUT2D eigenvalue weighted by atomic mass is 35.5. The number of amides is 1. The van der Waals surface area contributed by atoms with Gasteiger partial charge < -0.3 is 5.32 Å². The topological polar surface area (TPSA) is 45.2 Å². The van der Waals surface area contributed by atoms with Gasteiger partial charge in [-0.25, -0.2) is 0 Å². The van der Waals surface area contributed by atoms with Crippen LogP contribution in [0.5, 0.6) is 0 Å². The average molecular weight is 358 g/mol. The number of piperidine rings is 1. The number of hydrogen-bond acceptors (Lipinski definition) is 3. The summed E-state index contributed by atoms with van der Waals surface area (Å²) in [5.74, 6) is 0.636. The van der Waals surface area contributed by atoms with E-state index in [1.807, 2.05) is 24.4 Å². The van der Waals surface area contributed by atoms with Crippen LogP contribution in [0.2, 0.25) is 0 Å². The van der Waals surface area contributed by atoms with Gasteiger partial charge in [0.1, 0.15) is 0 Å². The summed E-state index contributed by atoms with van der Waals surface area (Å²) in [5, 5.41) is 6.00. The summed E-state index contributed by atoms with van der Waals surface area (Å²) in [5.41, 5.74) is 1.03. The average Bonchev–Trinajstić information content (AvgIpc) is 2.60. The number of carbonyl (C=O) groups excluding carboxylic acids is 1. The monoisotopic (exact) mass is 357 g/mol. The second kappa shape index (κ2) is 8.45. The molecule has 1 aromatic heterocycles. The summed E-state index contributed by atoms with van der Waals surface area (Å²) in [7, 11) is 0. The Hall–Kier alpha value is -1.91. The van der Waals surface area contributed by atoms with E-state index in [2.05, 4.69) is 27.8 Å². The summed E-state index contributed by atoms with van der Waals surface area (Å²) in [6.45, 7) is 7.31. The third-order valence-electron chi connectivity index (χ3n) is 4.76. The second-order valence-electron chi connectivity index (χ2n) is 6.77. The Bertz CT molecular complexity index is 753. The number of nitrogens with zero attached hydrogens (tertiary/aromatic N) is 2. The second-order valence-corrected chi connectivity index (χ2v) is 7.31. The van der Waals surface area contributed by atoms with E-state index in [-0.39, 0.29) is 5.91 Å². The highest BCUT2D eigenvalue weighted by Gasteiger charge is 2.19. The zero-order chi connectivity index (χ0) is 17.6. The van der Waals surface area contributed by atoms with Gasteiger partial charge in [-0.1, -0.05) is 36.4 Å². The molecule has 1 N–H and O–H groups in total. The summed E-state index contributed by atoms with van der Waals surface area (Å²) in [6, 6.07) is 8.06. The minimum absolute atomic E-state index is 0.0879. The van der Waals surface area contributed by atoms with E-state index < -0.39 is 0 Å². The fraction of sp³-hybridized carbons (Fsp3) is 0.400. The molecule has 0 spiro atoms. The van der Waals surface area contributed by atoms with Crippen LogP contribution in [0.4, 0.5) is 0 Å². The molecule has 1 fully saturated rings. The van der Waals surface area contributed by atoms with Gasteiger partial charge in [-0.2, -0.15) is 0 Å². The summed E-state index contributed by atoms with van der Waals surface area (Å²) >= 11 is 5.87. The van der Waals surface area contributed by atoms with Crippen molar-refractivity contribution in [2.24, 2.45) is 5.92 Å². The quantitative estimate of drug-likeness (QED) is 0.862. The normalized spacial score (nSPS) is 16.0. The molecule has 1 aliphatic heterocycles. The van der Waals surface area contributed by atoms with E-state index in [0.29, 0.717) is 17.4 Å². The van der Waals surface area contributed by atoms with Gasteiger partial charge in [0.05, 0.1) is 6.42 Å². The Kier molecular flexibility index (Phi) is 6.05. The van der Waals surface area contributed by atoms with Gasteiger partial charge in [0, 0.05) is 35.9 Å². The van der Waals surface area contributed by atoms with Gasteiger partial charge in [0.2, 0.25) is 5.91 Å². The van der Waals surface area contributed by atoms with Crippen LogP contribution in [-0.4, -0.2) is 42.0 Å². The van der Waals surface area contributed by atoms with Crippen LogP contribution in [0.3, 0.4) is 0 Å². The minimum Gasteiger partial charge on any atom is -0.356 e. The molecule has 5 heteroatoms. The van der Waals surface area contributed by atoms with Crippen LogP contribution in [-0.2, 0) is 11.2 Å². The highest BCUT2D eigenvalue weighted by molar-refractivity contribution is 6.29. The van der Waals surface area contributed by atoms with Gasteiger partial charge in [0.25, 0.3) is 0 Å². The molecule has 1 amide bonds. The van der Waals surface area contributed by atoms with Crippen molar-refractivity contribution in [1.82, 2.24) is 15.2 Å². The van der Waals surface area contributed by atoms with Crippen molar-refractivity contribution in [2.75, 3.05) is 26.2 Å². The first-order chi connectivity index (χ1) is 12.1. The number of aromatic nitrogens is 1. The number of rotatable bonds is 6. The maximum Gasteiger partial charge on any atom is 0.224 e. The van der Waals surface area contributed by atoms with Crippen LogP contribution < -0.4 is 5.32 Å². The molecule has 2 aromatic rings. The molecule has 0 bridgehead atoms. The molecule has 0 saturated carbocycles. The van der Waals surface area contributed by atoms with E-state index in [4.69, 9.17) is 11.6 Å². The molecule has 0 aliphatic carbocycles. The minimum atomic E-state index is 0.0879. The summed E-state index contributed by atoms with van der Waals surface area (Å²) in [4.78, 5) is 18.7. The molecule has 1 saturated heterocycles. The first-order valence-corrected chi connectivity index (χ1v) is 9.13. The number of benzene rings is 1. The van der Waals surface area contributed by atoms with Crippen molar-refractivity contribution in [3.8, 4) is 0 Å². The fourth-order valence-corrected chi connectivity index (χ4v) is 3.51. The summed E-state index contributed by atoms with van der Waals surface area (Å²) < 4.78 is 0. The molecule has 25 heavy (non-hydrogen) atoms. The van der Waals surface area contributed by atoms with Gasteiger partial charge >= 0.3 is 0 Å². The number of fused-ring (bicyclic) bond motifs is 1.